The van der Waals surface area contributed by atoms with Gasteiger partial charge in [-0.2, -0.15) is 0 Å². The number of anilines is 1. The van der Waals surface area contributed by atoms with Crippen molar-refractivity contribution in [2.75, 3.05) is 12.0 Å². The van der Waals surface area contributed by atoms with Crippen LogP contribution in [0.3, 0.4) is 0 Å². The van der Waals surface area contributed by atoms with Crippen LogP contribution < -0.4 is 10.3 Å². The number of nitrogens with one attached hydrogen (secondary N) is 1. The van der Waals surface area contributed by atoms with E-state index in [1.54, 1.807) is 0 Å². The zero-order valence-corrected chi connectivity index (χ0v) is 5.54. The molecule has 0 bridgehead atoms. The Kier molecular flexibility index (Phi) is 1.17. The Morgan fingerprint density at radius 3 is 3.10 bits per heavy atom. The zero-order chi connectivity index (χ0) is 6.81. The van der Waals surface area contributed by atoms with Gasteiger partial charge in [0.1, 0.15) is 0 Å². The highest BCUT2D eigenvalue weighted by atomic mass is 15.0. The molecule has 2 nitrogen and oxygen atoms in total. The normalized spacial score (nSPS) is 14.0. The smallest absolute Gasteiger partial charge is 0.282 e. The number of hydrogen-bond donors (Lipinski definition) is 1. The average Bonchev–Trinajstić information content (AvgIpc) is 2.05. The van der Waals surface area contributed by atoms with Gasteiger partial charge in [0.25, 0.3) is 6.67 Å². The summed E-state index contributed by atoms with van der Waals surface area (Å²) in [5.41, 5.74) is 2.35. The van der Waals surface area contributed by atoms with Crippen molar-refractivity contribution in [2.24, 2.45) is 0 Å². The maximum atomic E-state index is 4.08. The minimum atomic E-state index is 0.705. The lowest BCUT2D eigenvalue weighted by molar-refractivity contribution is 1.03. The van der Waals surface area contributed by atoms with E-state index in [0.29, 0.717) is 6.67 Å². The molecular weight excluding hydrogens is 124 g/mol. The fourth-order valence-corrected chi connectivity index (χ4v) is 1.05. The van der Waals surface area contributed by atoms with E-state index < -0.39 is 0 Å². The molecule has 0 unspecified atom stereocenters. The van der Waals surface area contributed by atoms with Gasteiger partial charge in [-0.15, -0.1) is 0 Å². The summed E-state index contributed by atoms with van der Waals surface area (Å²) in [5, 5.41) is 3.16. The van der Waals surface area contributed by atoms with Crippen molar-refractivity contribution in [3.63, 3.8) is 0 Å². The highest BCUT2D eigenvalue weighted by Crippen LogP contribution is 2.12. The Balaban J connectivity index is 2.54. The maximum absolute atomic E-state index is 4.08. The second kappa shape index (κ2) is 2.14. The first-order valence-electron chi connectivity index (χ1n) is 3.29. The van der Waals surface area contributed by atoms with Crippen molar-refractivity contribution in [1.29, 1.82) is 0 Å². The molecular formula is C8H8N2+. The molecule has 1 heterocycles. The first-order chi connectivity index (χ1) is 4.97. The predicted octanol–water partition coefficient (Wildman–Crippen LogP) is 0.824. The molecule has 1 N–H and O–H groups in total. The largest absolute Gasteiger partial charge is 0.325 e. The van der Waals surface area contributed by atoms with Crippen molar-refractivity contribution in [3.05, 3.63) is 29.8 Å². The van der Waals surface area contributed by atoms with E-state index in [-0.39, 0.29) is 0 Å². The van der Waals surface area contributed by atoms with Gasteiger partial charge in [-0.25, -0.2) is 0 Å². The predicted molar refractivity (Wildman–Crippen MR) is 42.2 cm³/mol. The molecule has 0 aliphatic carbocycles. The molecule has 0 fully saturated rings. The van der Waals surface area contributed by atoms with Crippen molar-refractivity contribution < 1.29 is 0 Å². The molecule has 0 saturated heterocycles. The summed E-state index contributed by atoms with van der Waals surface area (Å²) in [5.74, 6) is 0. The summed E-state index contributed by atoms with van der Waals surface area (Å²) in [7, 11) is 0. The molecule has 2 heteroatoms. The van der Waals surface area contributed by atoms with E-state index >= 15 is 0 Å². The van der Waals surface area contributed by atoms with Crippen LogP contribution >= 0.6 is 0 Å². The molecule has 0 saturated carbocycles. The first kappa shape index (κ1) is 5.47. The van der Waals surface area contributed by atoms with Crippen LogP contribution in [-0.2, 0) is 0 Å². The van der Waals surface area contributed by atoms with Gasteiger partial charge in [0, 0.05) is 4.99 Å². The van der Waals surface area contributed by atoms with Crippen molar-refractivity contribution in [3.8, 4) is 0 Å². The lowest BCUT2D eigenvalue weighted by Crippen LogP contribution is -2.14. The summed E-state index contributed by atoms with van der Waals surface area (Å²) < 4.78 is 0. The number of benzene rings is 1. The molecule has 1 aliphatic rings. The van der Waals surface area contributed by atoms with Crippen LogP contribution in [-0.4, -0.2) is 12.9 Å². The minimum Gasteiger partial charge on any atom is -0.325 e. The number of hydrogen-bond acceptors (Lipinski definition) is 2. The Morgan fingerprint density at radius 2 is 2.20 bits per heavy atom. The lowest BCUT2D eigenvalue weighted by Gasteiger charge is -2.03. The number of rotatable bonds is 0. The molecule has 1 aromatic carbocycles. The summed E-state index contributed by atoms with van der Waals surface area (Å²) in [6.45, 7) is 0.705. The maximum Gasteiger partial charge on any atom is 0.282 e. The van der Waals surface area contributed by atoms with Crippen LogP contribution in [0.25, 0.3) is 0 Å². The average molecular weight is 132 g/mol. The standard InChI is InChI=1S/C8H8N2/c1-2-4-8-7(3-1)5-9-6-10-8/h1-5,10H,6H2/q+1. The van der Waals surface area contributed by atoms with Crippen molar-refractivity contribution >= 4 is 11.9 Å². The molecule has 1 aliphatic heterocycles. The van der Waals surface area contributed by atoms with Crippen LogP contribution in [0.5, 0.6) is 0 Å². The molecule has 2 rings (SSSR count). The van der Waals surface area contributed by atoms with Gasteiger partial charge < -0.3 is 5.32 Å². The topological polar surface area (TPSA) is 26.1 Å². The molecule has 10 heavy (non-hydrogen) atoms. The Labute approximate surface area is 59.6 Å². The van der Waals surface area contributed by atoms with Crippen LogP contribution in [0.1, 0.15) is 5.56 Å². The van der Waals surface area contributed by atoms with Crippen LogP contribution in [0.2, 0.25) is 0 Å². The third-order valence-corrected chi connectivity index (χ3v) is 1.55. The third kappa shape index (κ3) is 0.778. The number of fused-ring (bicyclic) bond motifs is 1. The van der Waals surface area contributed by atoms with Crippen LogP contribution in [0.15, 0.2) is 24.3 Å². The fraction of sp³-hybridized carbons (Fsp3) is 0.125. The van der Waals surface area contributed by atoms with E-state index in [1.165, 1.54) is 11.3 Å². The fourth-order valence-electron chi connectivity index (χ4n) is 1.05. The van der Waals surface area contributed by atoms with Crippen LogP contribution in [0, 0.1) is 0 Å². The quantitative estimate of drug-likeness (QED) is 0.555. The van der Waals surface area contributed by atoms with E-state index in [4.69, 9.17) is 0 Å². The molecule has 49 valence electrons. The van der Waals surface area contributed by atoms with Gasteiger partial charge >= 0.3 is 0 Å². The van der Waals surface area contributed by atoms with Crippen molar-refractivity contribution in [2.45, 2.75) is 0 Å². The molecule has 1 radical (unpaired) electrons. The van der Waals surface area contributed by atoms with Gasteiger partial charge in [0.15, 0.2) is 0 Å². The summed E-state index contributed by atoms with van der Waals surface area (Å²) in [6, 6.07) is 8.13. The Hall–Kier alpha value is -1.31. The Morgan fingerprint density at radius 1 is 1.30 bits per heavy atom. The highest BCUT2D eigenvalue weighted by Gasteiger charge is 2.08. The molecule has 0 atom stereocenters. The van der Waals surface area contributed by atoms with Gasteiger partial charge in [0.2, 0.25) is 6.21 Å². The van der Waals surface area contributed by atoms with Gasteiger partial charge in [-0.3, -0.25) is 0 Å². The zero-order valence-electron chi connectivity index (χ0n) is 5.54. The van der Waals surface area contributed by atoms with Gasteiger partial charge in [-0.1, -0.05) is 12.1 Å². The summed E-state index contributed by atoms with van der Waals surface area (Å²) in [6.07, 6.45) is 1.89. The molecule has 0 spiro atoms. The monoisotopic (exact) mass is 132 g/mol. The van der Waals surface area contributed by atoms with Gasteiger partial charge in [0.05, 0.1) is 11.3 Å². The lowest BCUT2D eigenvalue weighted by atomic mass is 10.2. The number of nitrogens with zero attached hydrogens (tertiary/aromatic N) is 1. The third-order valence-electron chi connectivity index (χ3n) is 1.55. The molecule has 1 aromatic rings. The number of aliphatic imine (C=N–C) groups is 1. The van der Waals surface area contributed by atoms with Crippen LogP contribution in [0.4, 0.5) is 5.69 Å². The van der Waals surface area contributed by atoms with Crippen molar-refractivity contribution in [1.82, 2.24) is 4.99 Å². The SMILES string of the molecule is C1=[N+]CNc2ccccc21. The number of para-hydroxylation sites is 1. The molecule has 0 amide bonds. The van der Waals surface area contributed by atoms with E-state index in [1.807, 2.05) is 24.4 Å². The van der Waals surface area contributed by atoms with E-state index in [0.717, 1.165) is 0 Å². The van der Waals surface area contributed by atoms with E-state index in [2.05, 4.69) is 16.4 Å². The highest BCUT2D eigenvalue weighted by molar-refractivity contribution is 5.88. The van der Waals surface area contributed by atoms with Gasteiger partial charge in [-0.05, 0) is 12.1 Å². The second-order valence-electron chi connectivity index (χ2n) is 2.23. The molecule has 0 aromatic heterocycles. The summed E-state index contributed by atoms with van der Waals surface area (Å²) in [4.78, 5) is 4.08. The van der Waals surface area contributed by atoms with E-state index in [9.17, 15) is 0 Å². The first-order valence-corrected chi connectivity index (χ1v) is 3.29. The minimum absolute atomic E-state index is 0.705. The summed E-state index contributed by atoms with van der Waals surface area (Å²) >= 11 is 0. The Bertz CT molecular complexity index is 266. The second-order valence-corrected chi connectivity index (χ2v) is 2.23.